The summed E-state index contributed by atoms with van der Waals surface area (Å²) in [6.45, 7) is 3.74. The zero-order valence-electron chi connectivity index (χ0n) is 41.8. The zero-order chi connectivity index (χ0) is 50.5. The monoisotopic (exact) mass is 1010 g/mol. The SMILES string of the molecule is CCCCC[C@H](O)/C=C/[C@H]1C(=O)C[C@H](O)[C@@H]1C/C=C\CCCC(=O)OC[C@H](COP(=O)(O)OC[C@@H](O)COP(=O)(O)O)OC(=O)CCCCCCCCCCCCCCCCCCCCC(C)C. The molecule has 0 spiro atoms. The van der Waals surface area contributed by atoms with E-state index >= 15 is 0 Å². The molecule has 0 aromatic carbocycles. The van der Waals surface area contributed by atoms with Crippen molar-refractivity contribution in [3.63, 3.8) is 0 Å². The fourth-order valence-electron chi connectivity index (χ4n) is 8.10. The second kappa shape index (κ2) is 39.8. The van der Waals surface area contributed by atoms with Crippen LogP contribution in [0.2, 0.25) is 0 Å². The Morgan fingerprint density at radius 3 is 1.74 bits per heavy atom. The van der Waals surface area contributed by atoms with Crippen LogP contribution >= 0.6 is 15.6 Å². The number of rotatable bonds is 45. The van der Waals surface area contributed by atoms with Crippen LogP contribution in [-0.2, 0) is 46.6 Å². The van der Waals surface area contributed by atoms with Crippen LogP contribution in [0, 0.1) is 17.8 Å². The Kier molecular flexibility index (Phi) is 37.5. The van der Waals surface area contributed by atoms with Gasteiger partial charge in [0.2, 0.25) is 0 Å². The maximum absolute atomic E-state index is 12.8. The van der Waals surface area contributed by atoms with Gasteiger partial charge in [0, 0.05) is 31.1 Å². The summed E-state index contributed by atoms with van der Waals surface area (Å²) in [5.74, 6) is -1.25. The highest BCUT2D eigenvalue weighted by Crippen LogP contribution is 2.44. The Morgan fingerprint density at radius 2 is 1.18 bits per heavy atom. The number of ether oxygens (including phenoxy) is 2. The van der Waals surface area contributed by atoms with E-state index < -0.39 is 84.3 Å². The van der Waals surface area contributed by atoms with Gasteiger partial charge >= 0.3 is 27.6 Å². The molecule has 0 radical (unpaired) electrons. The molecular weight excluding hydrogens is 918 g/mol. The third-order valence-corrected chi connectivity index (χ3v) is 13.6. The third-order valence-electron chi connectivity index (χ3n) is 12.1. The van der Waals surface area contributed by atoms with Crippen LogP contribution in [0.5, 0.6) is 0 Å². The Hall–Kier alpha value is -1.81. The number of esters is 2. The molecule has 1 saturated carbocycles. The highest BCUT2D eigenvalue weighted by molar-refractivity contribution is 7.47. The number of phosphoric ester groups is 2. The summed E-state index contributed by atoms with van der Waals surface area (Å²) < 4.78 is 48.0. The van der Waals surface area contributed by atoms with Crippen molar-refractivity contribution < 1.29 is 76.6 Å². The van der Waals surface area contributed by atoms with Gasteiger partial charge in [0.25, 0.3) is 0 Å². The Balaban J connectivity index is 2.45. The van der Waals surface area contributed by atoms with E-state index in [9.17, 15) is 43.7 Å². The molecule has 0 heterocycles. The van der Waals surface area contributed by atoms with Gasteiger partial charge in [-0.2, -0.15) is 0 Å². The van der Waals surface area contributed by atoms with Crippen LogP contribution in [0.4, 0.5) is 0 Å². The van der Waals surface area contributed by atoms with Gasteiger partial charge < -0.3 is 39.5 Å². The highest BCUT2D eigenvalue weighted by Gasteiger charge is 2.39. The minimum absolute atomic E-state index is 0.00682. The lowest BCUT2D eigenvalue weighted by Gasteiger charge is -2.20. The zero-order valence-corrected chi connectivity index (χ0v) is 43.6. The third kappa shape index (κ3) is 37.0. The summed E-state index contributed by atoms with van der Waals surface area (Å²) in [6, 6.07) is 0. The standard InChI is InChI=1S/C50H92O16P2/c1-4-5-24-30-42(51)34-35-46-45(47(53)36-48(46)54)31-26-22-23-27-32-49(55)62-39-44(40-65-68(60,61)64-38-43(52)37-63-67(57,58)59)66-50(56)33-28-21-19-17-15-13-11-9-7-6-8-10-12-14-16-18-20-25-29-41(2)3/h22,26,34-35,41-47,51-53H,4-21,23-25,27-33,36-40H2,1-3H3,(H,60,61)(H2,57,58,59)/b26-22-,35-34+/t42-,43-,44+,45+,46+,47-/m0/s1. The first-order valence-electron chi connectivity index (χ1n) is 26.0. The largest absolute Gasteiger partial charge is 0.472 e. The van der Waals surface area contributed by atoms with Gasteiger partial charge in [0.15, 0.2) is 6.10 Å². The van der Waals surface area contributed by atoms with Gasteiger partial charge in [-0.05, 0) is 38.0 Å². The van der Waals surface area contributed by atoms with E-state index in [1.165, 1.54) is 89.9 Å². The van der Waals surface area contributed by atoms with Crippen LogP contribution < -0.4 is 0 Å². The van der Waals surface area contributed by atoms with Crippen molar-refractivity contribution in [2.24, 2.45) is 17.8 Å². The first-order valence-corrected chi connectivity index (χ1v) is 29.0. The molecule has 7 atom stereocenters. The minimum Gasteiger partial charge on any atom is -0.462 e. The number of aliphatic hydroxyl groups excluding tert-OH is 3. The van der Waals surface area contributed by atoms with Gasteiger partial charge in [-0.3, -0.25) is 28.0 Å². The van der Waals surface area contributed by atoms with Gasteiger partial charge in [-0.25, -0.2) is 9.13 Å². The molecule has 68 heavy (non-hydrogen) atoms. The normalized spacial score (nSPS) is 19.0. The fourth-order valence-corrected chi connectivity index (χ4v) is 9.26. The Labute approximate surface area is 408 Å². The second-order valence-corrected chi connectivity index (χ2v) is 21.8. The number of allylic oxidation sites excluding steroid dienone is 3. The Morgan fingerprint density at radius 1 is 0.662 bits per heavy atom. The molecule has 1 rings (SSSR count). The van der Waals surface area contributed by atoms with Crippen LogP contribution in [0.25, 0.3) is 0 Å². The number of hydrogen-bond acceptors (Lipinski definition) is 13. The molecule has 16 nitrogen and oxygen atoms in total. The van der Waals surface area contributed by atoms with Crippen molar-refractivity contribution in [2.75, 3.05) is 26.4 Å². The highest BCUT2D eigenvalue weighted by atomic mass is 31.2. The maximum Gasteiger partial charge on any atom is 0.472 e. The molecule has 1 aliphatic carbocycles. The number of ketones is 1. The number of Topliss-reactive ketones (excluding diaryl/α,β-unsaturated/α-hetero) is 1. The fraction of sp³-hybridized carbons (Fsp3) is 0.860. The van der Waals surface area contributed by atoms with Crippen molar-refractivity contribution in [3.8, 4) is 0 Å². The van der Waals surface area contributed by atoms with Crippen molar-refractivity contribution in [1.82, 2.24) is 0 Å². The molecule has 1 aliphatic rings. The lowest BCUT2D eigenvalue weighted by atomic mass is 9.90. The Bertz CT molecular complexity index is 1470. The van der Waals surface area contributed by atoms with Crippen molar-refractivity contribution in [2.45, 2.75) is 231 Å². The molecule has 18 heteroatoms. The molecule has 398 valence electrons. The van der Waals surface area contributed by atoms with Gasteiger partial charge in [0.05, 0.1) is 32.0 Å². The van der Waals surface area contributed by atoms with E-state index in [0.717, 1.165) is 50.9 Å². The average Bonchev–Trinajstić information content (AvgIpc) is 3.55. The molecule has 0 aromatic heterocycles. The van der Waals surface area contributed by atoms with E-state index in [1.54, 1.807) is 12.2 Å². The van der Waals surface area contributed by atoms with Crippen LogP contribution in [0.15, 0.2) is 24.3 Å². The lowest BCUT2D eigenvalue weighted by molar-refractivity contribution is -0.161. The quantitative estimate of drug-likeness (QED) is 0.0144. The summed E-state index contributed by atoms with van der Waals surface area (Å²) in [4.78, 5) is 65.7. The van der Waals surface area contributed by atoms with Crippen LogP contribution in [-0.4, -0.2) is 98.6 Å². The van der Waals surface area contributed by atoms with Gasteiger partial charge in [-0.15, -0.1) is 0 Å². The first-order chi connectivity index (χ1) is 32.4. The first kappa shape index (κ1) is 64.2. The number of carbonyl (C=O) groups excluding carboxylic acids is 3. The molecule has 0 amide bonds. The molecule has 1 unspecified atom stereocenters. The molecule has 0 saturated heterocycles. The van der Waals surface area contributed by atoms with Crippen molar-refractivity contribution in [3.05, 3.63) is 24.3 Å². The molecule has 0 aliphatic heterocycles. The number of phosphoric acid groups is 2. The van der Waals surface area contributed by atoms with Gasteiger partial charge in [0.1, 0.15) is 18.5 Å². The second-order valence-electron chi connectivity index (χ2n) is 19.1. The topological polar surface area (TPSA) is 253 Å². The van der Waals surface area contributed by atoms with E-state index in [-0.39, 0.29) is 31.0 Å². The average molecular weight is 1010 g/mol. The molecular formula is C50H92O16P2. The molecule has 6 N–H and O–H groups in total. The van der Waals surface area contributed by atoms with Crippen LogP contribution in [0.1, 0.15) is 207 Å². The van der Waals surface area contributed by atoms with Crippen molar-refractivity contribution >= 4 is 33.4 Å². The van der Waals surface area contributed by atoms with E-state index in [1.807, 2.05) is 12.2 Å². The lowest BCUT2D eigenvalue weighted by Crippen LogP contribution is -2.30. The minimum atomic E-state index is -4.90. The summed E-state index contributed by atoms with van der Waals surface area (Å²) in [5, 5.41) is 30.6. The summed E-state index contributed by atoms with van der Waals surface area (Å²) in [7, 11) is -9.77. The predicted octanol–water partition coefficient (Wildman–Crippen LogP) is 10.7. The van der Waals surface area contributed by atoms with Crippen molar-refractivity contribution in [1.29, 1.82) is 0 Å². The number of hydrogen-bond donors (Lipinski definition) is 6. The molecule has 0 aromatic rings. The predicted molar refractivity (Wildman–Crippen MR) is 263 cm³/mol. The maximum atomic E-state index is 12.8. The summed E-state index contributed by atoms with van der Waals surface area (Å²) >= 11 is 0. The number of aliphatic hydroxyl groups is 3. The van der Waals surface area contributed by atoms with Gasteiger partial charge in [-0.1, -0.05) is 180 Å². The summed E-state index contributed by atoms with van der Waals surface area (Å²) in [6.07, 6.45) is 31.0. The van der Waals surface area contributed by atoms with E-state index in [0.29, 0.717) is 32.1 Å². The van der Waals surface area contributed by atoms with E-state index in [2.05, 4.69) is 25.3 Å². The number of unbranched alkanes of at least 4 members (excludes halogenated alkanes) is 20. The molecule has 0 bridgehead atoms. The smallest absolute Gasteiger partial charge is 0.462 e. The van der Waals surface area contributed by atoms with Crippen LogP contribution in [0.3, 0.4) is 0 Å². The molecule has 1 fully saturated rings. The van der Waals surface area contributed by atoms with E-state index in [4.69, 9.17) is 28.3 Å². The number of carbonyl (C=O) groups is 3. The summed E-state index contributed by atoms with van der Waals surface area (Å²) in [5.41, 5.74) is 0.